The summed E-state index contributed by atoms with van der Waals surface area (Å²) >= 11 is 0. The second-order valence-corrected chi connectivity index (χ2v) is 7.30. The Labute approximate surface area is 170 Å². The Morgan fingerprint density at radius 2 is 2.21 bits per heavy atom. The average Bonchev–Trinajstić information content (AvgIpc) is 3.05. The average molecular weight is 398 g/mol. The molecular formula is C22H26N2O5. The van der Waals surface area contributed by atoms with E-state index >= 15 is 0 Å². The lowest BCUT2D eigenvalue weighted by atomic mass is 9.82. The lowest BCUT2D eigenvalue weighted by Gasteiger charge is -2.44. The van der Waals surface area contributed by atoms with Crippen LogP contribution in [0.4, 0.5) is 0 Å². The number of nitrogens with zero attached hydrogens (tertiary/aromatic N) is 1. The molecule has 0 saturated carbocycles. The van der Waals surface area contributed by atoms with Gasteiger partial charge in [0.15, 0.2) is 0 Å². The fourth-order valence-corrected chi connectivity index (χ4v) is 3.91. The van der Waals surface area contributed by atoms with E-state index in [9.17, 15) is 19.5 Å². The highest BCUT2D eigenvalue weighted by atomic mass is 16.5. The monoisotopic (exact) mass is 398 g/mol. The van der Waals surface area contributed by atoms with Crippen LogP contribution in [-0.4, -0.2) is 53.1 Å². The zero-order valence-electron chi connectivity index (χ0n) is 16.7. The predicted molar refractivity (Wildman–Crippen MR) is 108 cm³/mol. The summed E-state index contributed by atoms with van der Waals surface area (Å²) in [6, 6.07) is 6.69. The van der Waals surface area contributed by atoms with Crippen molar-refractivity contribution in [1.29, 1.82) is 0 Å². The normalized spacial score (nSPS) is 21.3. The van der Waals surface area contributed by atoms with Crippen molar-refractivity contribution >= 4 is 23.4 Å². The van der Waals surface area contributed by atoms with Gasteiger partial charge in [0.1, 0.15) is 12.3 Å². The molecule has 1 aromatic rings. The van der Waals surface area contributed by atoms with Crippen molar-refractivity contribution in [3.63, 3.8) is 0 Å². The Morgan fingerprint density at radius 3 is 2.86 bits per heavy atom. The van der Waals surface area contributed by atoms with E-state index in [0.29, 0.717) is 29.7 Å². The third-order valence-electron chi connectivity index (χ3n) is 5.26. The number of benzene rings is 1. The Kier molecular flexibility index (Phi) is 6.17. The maximum atomic E-state index is 12.7. The smallest absolute Gasteiger partial charge is 0.355 e. The van der Waals surface area contributed by atoms with Crippen LogP contribution in [0, 0.1) is 5.92 Å². The molecule has 0 bridgehead atoms. The van der Waals surface area contributed by atoms with Crippen molar-refractivity contribution in [2.24, 2.45) is 5.92 Å². The summed E-state index contributed by atoms with van der Waals surface area (Å²) in [5.74, 6) is -1.64. The van der Waals surface area contributed by atoms with Crippen molar-refractivity contribution in [2.75, 3.05) is 13.2 Å². The van der Waals surface area contributed by atoms with Crippen LogP contribution in [0.3, 0.4) is 0 Å². The number of aliphatic hydroxyl groups excluding tert-OH is 1. The van der Waals surface area contributed by atoms with Gasteiger partial charge in [0, 0.05) is 12.1 Å². The molecule has 29 heavy (non-hydrogen) atoms. The van der Waals surface area contributed by atoms with Crippen LogP contribution in [0.15, 0.2) is 42.6 Å². The summed E-state index contributed by atoms with van der Waals surface area (Å²) in [5.41, 5.74) is 2.00. The summed E-state index contributed by atoms with van der Waals surface area (Å²) in [6.45, 7) is 7.69. The number of ether oxygens (including phenoxy) is 1. The Morgan fingerprint density at radius 1 is 1.45 bits per heavy atom. The van der Waals surface area contributed by atoms with Crippen molar-refractivity contribution in [3.05, 3.63) is 53.7 Å². The molecule has 154 valence electrons. The summed E-state index contributed by atoms with van der Waals surface area (Å²) < 4.78 is 5.20. The molecule has 2 aliphatic heterocycles. The number of amides is 2. The zero-order chi connectivity index (χ0) is 21.1. The van der Waals surface area contributed by atoms with Crippen LogP contribution in [0.25, 0.3) is 5.57 Å². The number of β-lactam (4-membered cyclic amide) rings is 1. The number of fused-ring (bicyclic) bond motifs is 1. The maximum absolute atomic E-state index is 12.7. The molecule has 2 N–H and O–H groups in total. The van der Waals surface area contributed by atoms with Crippen molar-refractivity contribution in [3.8, 4) is 0 Å². The summed E-state index contributed by atoms with van der Waals surface area (Å²) in [6.07, 6.45) is 1.90. The molecule has 0 aromatic heterocycles. The molecule has 0 aliphatic carbocycles. The van der Waals surface area contributed by atoms with Crippen LogP contribution < -0.4 is 5.32 Å². The molecule has 1 fully saturated rings. The first-order valence-corrected chi connectivity index (χ1v) is 9.81. The number of esters is 1. The molecule has 7 heteroatoms. The molecule has 1 aromatic carbocycles. The van der Waals surface area contributed by atoms with E-state index in [4.69, 9.17) is 4.74 Å². The van der Waals surface area contributed by atoms with Gasteiger partial charge in [-0.15, -0.1) is 0 Å². The van der Waals surface area contributed by atoms with Gasteiger partial charge in [0.2, 0.25) is 5.91 Å². The van der Waals surface area contributed by atoms with Crippen LogP contribution in [0.1, 0.15) is 42.6 Å². The highest BCUT2D eigenvalue weighted by Gasteiger charge is 2.57. The number of nitrogens with one attached hydrogen (secondary N) is 1. The number of rotatable bonds is 8. The SMILES string of the molecule is C=CCOC(=O)C1=C(c2cccc(C(=O)NCCC)c2)CC2C(C(C)O)C(=O)N12. The maximum Gasteiger partial charge on any atom is 0.355 e. The van der Waals surface area contributed by atoms with E-state index in [1.54, 1.807) is 31.2 Å². The van der Waals surface area contributed by atoms with Gasteiger partial charge in [-0.1, -0.05) is 31.7 Å². The molecule has 7 nitrogen and oxygen atoms in total. The van der Waals surface area contributed by atoms with Gasteiger partial charge in [-0.05, 0) is 43.0 Å². The van der Waals surface area contributed by atoms with E-state index in [2.05, 4.69) is 11.9 Å². The minimum Gasteiger partial charge on any atom is -0.457 e. The molecule has 3 unspecified atom stereocenters. The standard InChI is InChI=1S/C22H26N2O5/c1-4-9-23-20(26)15-8-6-7-14(11-15)16-12-17-18(13(3)25)21(27)24(17)19(16)22(28)29-10-5-2/h5-8,11,13,17-18,25H,2,4,9-10,12H2,1,3H3,(H,23,26). The third-order valence-corrected chi connectivity index (χ3v) is 5.26. The predicted octanol–water partition coefficient (Wildman–Crippen LogP) is 1.88. The van der Waals surface area contributed by atoms with E-state index in [-0.39, 0.29) is 30.2 Å². The van der Waals surface area contributed by atoms with Crippen molar-refractivity contribution < 1.29 is 24.2 Å². The summed E-state index contributed by atoms with van der Waals surface area (Å²) in [7, 11) is 0. The Balaban J connectivity index is 1.97. The minimum atomic E-state index is -0.806. The van der Waals surface area contributed by atoms with E-state index in [1.807, 2.05) is 6.92 Å². The molecule has 2 aliphatic rings. The first kappa shape index (κ1) is 20.8. The van der Waals surface area contributed by atoms with Gasteiger partial charge in [-0.3, -0.25) is 9.59 Å². The number of carbonyl (C=O) groups excluding carboxylic acids is 3. The van der Waals surface area contributed by atoms with Crippen LogP contribution in [0.5, 0.6) is 0 Å². The Hall–Kier alpha value is -2.93. The quantitative estimate of drug-likeness (QED) is 0.396. The molecule has 3 atom stereocenters. The number of carbonyl (C=O) groups is 3. The fraction of sp³-hybridized carbons (Fsp3) is 0.409. The fourth-order valence-electron chi connectivity index (χ4n) is 3.91. The third kappa shape index (κ3) is 3.82. The van der Waals surface area contributed by atoms with E-state index in [0.717, 1.165) is 6.42 Å². The van der Waals surface area contributed by atoms with Crippen molar-refractivity contribution in [1.82, 2.24) is 10.2 Å². The summed E-state index contributed by atoms with van der Waals surface area (Å²) in [4.78, 5) is 39.0. The number of hydrogen-bond donors (Lipinski definition) is 2. The van der Waals surface area contributed by atoms with Gasteiger partial charge in [-0.25, -0.2) is 4.79 Å². The molecule has 1 saturated heterocycles. The second kappa shape index (κ2) is 8.61. The van der Waals surface area contributed by atoms with Gasteiger partial charge in [0.05, 0.1) is 18.1 Å². The Bertz CT molecular complexity index is 874. The number of aliphatic hydroxyl groups is 1. The lowest BCUT2D eigenvalue weighted by Crippen LogP contribution is -2.61. The van der Waals surface area contributed by atoms with Crippen LogP contribution in [-0.2, 0) is 14.3 Å². The molecule has 3 rings (SSSR count). The van der Waals surface area contributed by atoms with E-state index < -0.39 is 18.0 Å². The highest BCUT2D eigenvalue weighted by molar-refractivity contribution is 6.07. The van der Waals surface area contributed by atoms with Gasteiger partial charge in [-0.2, -0.15) is 0 Å². The molecule has 2 amide bonds. The molecule has 2 heterocycles. The van der Waals surface area contributed by atoms with Crippen LogP contribution >= 0.6 is 0 Å². The highest BCUT2D eigenvalue weighted by Crippen LogP contribution is 2.47. The zero-order valence-corrected chi connectivity index (χ0v) is 16.7. The second-order valence-electron chi connectivity index (χ2n) is 7.30. The largest absolute Gasteiger partial charge is 0.457 e. The summed E-state index contributed by atoms with van der Waals surface area (Å²) in [5, 5.41) is 12.8. The van der Waals surface area contributed by atoms with Gasteiger partial charge >= 0.3 is 5.97 Å². The topological polar surface area (TPSA) is 95.9 Å². The first-order chi connectivity index (χ1) is 13.9. The van der Waals surface area contributed by atoms with Crippen molar-refractivity contribution in [2.45, 2.75) is 38.8 Å². The first-order valence-electron chi connectivity index (χ1n) is 9.81. The van der Waals surface area contributed by atoms with E-state index in [1.165, 1.54) is 11.0 Å². The molecular weight excluding hydrogens is 372 g/mol. The lowest BCUT2D eigenvalue weighted by molar-refractivity contribution is -0.162. The molecule has 0 spiro atoms. The van der Waals surface area contributed by atoms with Gasteiger partial charge < -0.3 is 20.1 Å². The van der Waals surface area contributed by atoms with Gasteiger partial charge in [0.25, 0.3) is 5.91 Å². The van der Waals surface area contributed by atoms with Crippen LogP contribution in [0.2, 0.25) is 0 Å². The molecule has 0 radical (unpaired) electrons. The number of hydrogen-bond acceptors (Lipinski definition) is 5. The minimum absolute atomic E-state index is 0.0294.